The molecule has 3 nitrogen and oxygen atoms in total. The lowest BCUT2D eigenvalue weighted by Crippen LogP contribution is -2.02. The molecule has 0 amide bonds. The zero-order valence-corrected chi connectivity index (χ0v) is 30.6. The van der Waals surface area contributed by atoms with Crippen LogP contribution in [0.3, 0.4) is 0 Å². The molecule has 2 heterocycles. The molecule has 258 valence electrons. The molecule has 0 aliphatic heterocycles. The Balaban J connectivity index is 1.43. The smallest absolute Gasteiger partial charge is 0.105 e. The van der Waals surface area contributed by atoms with Gasteiger partial charge in [0.15, 0.2) is 0 Å². The van der Waals surface area contributed by atoms with Gasteiger partial charge in [-0.15, -0.1) is 21.5 Å². The lowest BCUT2D eigenvalue weighted by molar-refractivity contribution is 0.879. The van der Waals surface area contributed by atoms with Crippen LogP contribution in [0.5, 0.6) is 0 Å². The molecule has 4 heteroatoms. The summed E-state index contributed by atoms with van der Waals surface area (Å²) in [7, 11) is 0. The number of benzene rings is 8. The van der Waals surface area contributed by atoms with Crippen molar-refractivity contribution in [2.45, 2.75) is 0 Å². The normalized spacial score (nSPS) is 11.3. The second-order valence-electron chi connectivity index (χ2n) is 13.6. The van der Waals surface area contributed by atoms with Crippen LogP contribution in [0.15, 0.2) is 200 Å². The van der Waals surface area contributed by atoms with Crippen molar-refractivity contribution in [2.75, 3.05) is 0 Å². The summed E-state index contributed by atoms with van der Waals surface area (Å²) in [5.74, 6) is 0. The Morgan fingerprint density at radius 2 is 0.800 bits per heavy atom. The van der Waals surface area contributed by atoms with Crippen LogP contribution in [0.2, 0.25) is 0 Å². The Hall–Kier alpha value is -7.01. The summed E-state index contributed by atoms with van der Waals surface area (Å²) >= 11 is 1.85. The average molecular weight is 720 g/mol. The van der Waals surface area contributed by atoms with Gasteiger partial charge in [0.25, 0.3) is 0 Å². The van der Waals surface area contributed by atoms with Crippen molar-refractivity contribution in [2.24, 2.45) is 0 Å². The topological polar surface area (TPSA) is 38.7 Å². The summed E-state index contributed by atoms with van der Waals surface area (Å²) in [5, 5.41) is 16.7. The number of rotatable bonds is 7. The highest BCUT2D eigenvalue weighted by atomic mass is 32.1. The average Bonchev–Trinajstić information content (AvgIpc) is 3.65. The molecule has 0 bridgehead atoms. The van der Waals surface area contributed by atoms with Crippen molar-refractivity contribution in [3.63, 3.8) is 0 Å². The molecular weight excluding hydrogens is 687 g/mol. The summed E-state index contributed by atoms with van der Waals surface area (Å²) in [6, 6.07) is 71.1. The van der Waals surface area contributed by atoms with E-state index in [1.807, 2.05) is 29.5 Å². The molecule has 10 aromatic rings. The number of hydrogen-bond donors (Lipinski definition) is 0. The van der Waals surface area contributed by atoms with Crippen molar-refractivity contribution >= 4 is 31.5 Å². The molecule has 10 rings (SSSR count). The third-order valence-corrected chi connectivity index (χ3v) is 11.5. The predicted octanol–water partition coefficient (Wildman–Crippen LogP) is 13.9. The molecule has 0 aliphatic rings. The van der Waals surface area contributed by atoms with Crippen LogP contribution in [0.4, 0.5) is 0 Å². The third kappa shape index (κ3) is 5.81. The molecule has 0 saturated heterocycles. The molecule has 0 fully saturated rings. The lowest BCUT2D eigenvalue weighted by atomic mass is 9.79. The fraction of sp³-hybridized carbons (Fsp3) is 0. The van der Waals surface area contributed by atoms with E-state index in [2.05, 4.69) is 187 Å². The molecule has 55 heavy (non-hydrogen) atoms. The first-order chi connectivity index (χ1) is 27.3. The number of aromatic nitrogens is 3. The summed E-state index contributed by atoms with van der Waals surface area (Å²) < 4.78 is 2.49. The standard InChI is InChI=1S/C51H33N3S/c1-6-19-34(20-7-1)39-30-18-31-41(51-46(37-25-12-4-13-26-37)50(52-54-53-51)38-27-14-5-15-28-38)47(39)49-45(36-23-10-3-11-24-36)42(35-21-8-2-9-22-35)33-44-48(49)40-29-16-17-32-43(40)55-44/h1-33H. The van der Waals surface area contributed by atoms with Gasteiger partial charge >= 0.3 is 0 Å². The minimum atomic E-state index is 0.782. The van der Waals surface area contributed by atoms with Gasteiger partial charge in [0.05, 0.1) is 0 Å². The van der Waals surface area contributed by atoms with Crippen LogP contribution in [0, 0.1) is 0 Å². The minimum Gasteiger partial charge on any atom is -0.135 e. The van der Waals surface area contributed by atoms with E-state index < -0.39 is 0 Å². The summed E-state index contributed by atoms with van der Waals surface area (Å²) in [4.78, 5) is 0. The summed E-state index contributed by atoms with van der Waals surface area (Å²) in [5.41, 5.74) is 14.7. The Labute approximate surface area is 323 Å². The molecule has 0 saturated carbocycles. The van der Waals surface area contributed by atoms with E-state index in [4.69, 9.17) is 10.2 Å². The molecule has 0 N–H and O–H groups in total. The Kier molecular flexibility index (Phi) is 8.36. The van der Waals surface area contributed by atoms with Crippen molar-refractivity contribution in [3.8, 4) is 78.1 Å². The number of hydrogen-bond acceptors (Lipinski definition) is 4. The van der Waals surface area contributed by atoms with Crippen molar-refractivity contribution in [1.82, 2.24) is 15.4 Å². The van der Waals surface area contributed by atoms with E-state index in [9.17, 15) is 0 Å². The number of thiophene rings is 1. The SMILES string of the molecule is c1ccc(-c2cccc(-c3nnnc(-c4ccccc4)c3-c3ccccc3)c2-c2c(-c3ccccc3)c(-c3ccccc3)cc3sc4ccccc4c23)cc1. The number of nitrogens with zero attached hydrogens (tertiary/aromatic N) is 3. The first kappa shape index (κ1) is 32.6. The van der Waals surface area contributed by atoms with E-state index in [-0.39, 0.29) is 0 Å². The lowest BCUT2D eigenvalue weighted by Gasteiger charge is -2.24. The molecular formula is C51H33N3S. The van der Waals surface area contributed by atoms with Gasteiger partial charge in [-0.3, -0.25) is 0 Å². The van der Waals surface area contributed by atoms with E-state index in [1.165, 1.54) is 42.4 Å². The van der Waals surface area contributed by atoms with E-state index >= 15 is 0 Å². The highest BCUT2D eigenvalue weighted by Crippen LogP contribution is 2.54. The van der Waals surface area contributed by atoms with E-state index in [1.54, 1.807) is 0 Å². The largest absolute Gasteiger partial charge is 0.135 e. The van der Waals surface area contributed by atoms with Gasteiger partial charge in [-0.25, -0.2) is 0 Å². The van der Waals surface area contributed by atoms with Crippen LogP contribution < -0.4 is 0 Å². The van der Waals surface area contributed by atoms with Crippen LogP contribution in [0.1, 0.15) is 0 Å². The van der Waals surface area contributed by atoms with Crippen LogP contribution in [-0.2, 0) is 0 Å². The van der Waals surface area contributed by atoms with Gasteiger partial charge in [-0.1, -0.05) is 188 Å². The monoisotopic (exact) mass is 719 g/mol. The molecule has 0 radical (unpaired) electrons. The van der Waals surface area contributed by atoms with Crippen LogP contribution in [0.25, 0.3) is 98.3 Å². The van der Waals surface area contributed by atoms with Gasteiger partial charge < -0.3 is 0 Å². The van der Waals surface area contributed by atoms with Gasteiger partial charge in [0, 0.05) is 48.0 Å². The first-order valence-electron chi connectivity index (χ1n) is 18.5. The highest BCUT2D eigenvalue weighted by Gasteiger charge is 2.28. The van der Waals surface area contributed by atoms with E-state index in [0.717, 1.165) is 55.9 Å². The fourth-order valence-electron chi connectivity index (χ4n) is 7.95. The maximum absolute atomic E-state index is 4.99. The molecule has 0 spiro atoms. The second-order valence-corrected chi connectivity index (χ2v) is 14.6. The van der Waals surface area contributed by atoms with Gasteiger partial charge in [0.1, 0.15) is 11.4 Å². The molecule has 0 atom stereocenters. The fourth-order valence-corrected chi connectivity index (χ4v) is 9.11. The van der Waals surface area contributed by atoms with E-state index in [0.29, 0.717) is 0 Å². The molecule has 8 aromatic carbocycles. The second kappa shape index (κ2) is 14.1. The highest BCUT2D eigenvalue weighted by molar-refractivity contribution is 7.26. The maximum Gasteiger partial charge on any atom is 0.105 e. The zero-order valence-electron chi connectivity index (χ0n) is 29.8. The van der Waals surface area contributed by atoms with Gasteiger partial charge in [-0.05, 0) is 56.3 Å². The molecule has 0 aliphatic carbocycles. The van der Waals surface area contributed by atoms with Crippen molar-refractivity contribution in [1.29, 1.82) is 0 Å². The van der Waals surface area contributed by atoms with Crippen LogP contribution in [-0.4, -0.2) is 15.4 Å². The summed E-state index contributed by atoms with van der Waals surface area (Å²) in [6.07, 6.45) is 0. The Morgan fingerprint density at radius 1 is 0.309 bits per heavy atom. The van der Waals surface area contributed by atoms with Crippen LogP contribution >= 0.6 is 11.3 Å². The van der Waals surface area contributed by atoms with Crippen molar-refractivity contribution in [3.05, 3.63) is 200 Å². The van der Waals surface area contributed by atoms with Crippen molar-refractivity contribution < 1.29 is 0 Å². The van der Waals surface area contributed by atoms with Gasteiger partial charge in [0.2, 0.25) is 0 Å². The Bertz CT molecular complexity index is 2940. The maximum atomic E-state index is 4.99. The molecule has 2 aromatic heterocycles. The quantitative estimate of drug-likeness (QED) is 0.165. The minimum absolute atomic E-state index is 0.782. The first-order valence-corrected chi connectivity index (χ1v) is 19.3. The summed E-state index contributed by atoms with van der Waals surface area (Å²) in [6.45, 7) is 0. The molecule has 0 unspecified atom stereocenters. The van der Waals surface area contributed by atoms with Gasteiger partial charge in [-0.2, -0.15) is 0 Å². The Morgan fingerprint density at radius 3 is 1.44 bits per heavy atom. The third-order valence-electron chi connectivity index (χ3n) is 10.3. The number of fused-ring (bicyclic) bond motifs is 3. The predicted molar refractivity (Wildman–Crippen MR) is 231 cm³/mol. The zero-order chi connectivity index (χ0) is 36.6.